The smallest absolute Gasteiger partial charge is 0.273 e. The van der Waals surface area contributed by atoms with Gasteiger partial charge in [-0.15, -0.1) is 11.8 Å². The average molecular weight is 504 g/mol. The Morgan fingerprint density at radius 1 is 1.03 bits per heavy atom. The average Bonchev–Trinajstić information content (AvgIpc) is 3.11. The van der Waals surface area contributed by atoms with Gasteiger partial charge < -0.3 is 24.3 Å². The van der Waals surface area contributed by atoms with E-state index in [1.54, 1.807) is 38.1 Å². The Morgan fingerprint density at radius 3 is 2.23 bits per heavy atom. The van der Waals surface area contributed by atoms with Crippen molar-refractivity contribution in [3.8, 4) is 23.0 Å². The summed E-state index contributed by atoms with van der Waals surface area (Å²) >= 11 is 1.38. The molecule has 2 aromatic rings. The summed E-state index contributed by atoms with van der Waals surface area (Å²) in [6.45, 7) is 5.27. The molecule has 3 amide bonds. The van der Waals surface area contributed by atoms with Crippen molar-refractivity contribution in [2.24, 2.45) is 0 Å². The summed E-state index contributed by atoms with van der Waals surface area (Å²) < 4.78 is 21.9. The Kier molecular flexibility index (Phi) is 8.34. The number of nitrogens with zero attached hydrogens (tertiary/aromatic N) is 1. The molecule has 2 N–H and O–H groups in total. The molecule has 3 rings (SSSR count). The zero-order valence-electron chi connectivity index (χ0n) is 20.5. The molecule has 1 aliphatic heterocycles. The van der Waals surface area contributed by atoms with E-state index in [0.29, 0.717) is 35.1 Å². The summed E-state index contributed by atoms with van der Waals surface area (Å²) in [6, 6.07) is 8.20. The number of anilines is 1. The fourth-order valence-corrected chi connectivity index (χ4v) is 4.83. The van der Waals surface area contributed by atoms with E-state index >= 15 is 0 Å². The number of thioether (sulfide) groups is 1. The molecule has 2 aromatic carbocycles. The number of methoxy groups -OCH3 is 3. The minimum absolute atomic E-state index is 0.224. The van der Waals surface area contributed by atoms with Crippen LogP contribution in [0.15, 0.2) is 30.3 Å². The second-order valence-corrected chi connectivity index (χ2v) is 8.99. The number of ether oxygens (including phenoxy) is 4. The Hall–Kier alpha value is -3.60. The van der Waals surface area contributed by atoms with E-state index in [9.17, 15) is 14.4 Å². The van der Waals surface area contributed by atoms with Crippen LogP contribution in [0.25, 0.3) is 0 Å². The molecule has 1 saturated heterocycles. The van der Waals surface area contributed by atoms with Crippen molar-refractivity contribution >= 4 is 35.2 Å². The molecule has 11 heteroatoms. The third kappa shape index (κ3) is 5.56. The van der Waals surface area contributed by atoms with Crippen LogP contribution in [0.2, 0.25) is 0 Å². The van der Waals surface area contributed by atoms with Gasteiger partial charge in [-0.3, -0.25) is 19.8 Å². The van der Waals surface area contributed by atoms with E-state index in [1.165, 1.54) is 51.1 Å². The van der Waals surface area contributed by atoms with Crippen LogP contribution < -0.4 is 29.7 Å². The molecule has 0 saturated carbocycles. The monoisotopic (exact) mass is 503 g/mol. The molecule has 0 spiro atoms. The molecule has 2 atom stereocenters. The number of amides is 3. The third-order valence-electron chi connectivity index (χ3n) is 5.19. The number of carbonyl (C=O) groups excluding carboxylic acids is 3. The first-order chi connectivity index (χ1) is 16.7. The van der Waals surface area contributed by atoms with E-state index in [1.807, 2.05) is 0 Å². The molecule has 0 aromatic heterocycles. The van der Waals surface area contributed by atoms with Gasteiger partial charge in [-0.05, 0) is 43.7 Å². The van der Waals surface area contributed by atoms with Gasteiger partial charge in [0.1, 0.15) is 11.1 Å². The maximum absolute atomic E-state index is 13.3. The molecular formula is C24H29N3O7S. The molecule has 0 radical (unpaired) electrons. The summed E-state index contributed by atoms with van der Waals surface area (Å²) in [5.74, 6) is 0.566. The van der Waals surface area contributed by atoms with Crippen LogP contribution in [-0.2, 0) is 9.59 Å². The summed E-state index contributed by atoms with van der Waals surface area (Å²) in [4.78, 5) is 37.7. The van der Waals surface area contributed by atoms with E-state index < -0.39 is 16.5 Å². The summed E-state index contributed by atoms with van der Waals surface area (Å²) in [7, 11) is 4.53. The Labute approximate surface area is 208 Å². The van der Waals surface area contributed by atoms with Gasteiger partial charge in [-0.25, -0.2) is 5.01 Å². The molecule has 10 nitrogen and oxygen atoms in total. The predicted molar refractivity (Wildman–Crippen MR) is 132 cm³/mol. The van der Waals surface area contributed by atoms with E-state index in [4.69, 9.17) is 18.9 Å². The molecule has 1 fully saturated rings. The lowest BCUT2D eigenvalue weighted by atomic mass is 10.1. The highest BCUT2D eigenvalue weighted by molar-refractivity contribution is 8.01. The molecule has 35 heavy (non-hydrogen) atoms. The highest BCUT2D eigenvalue weighted by Crippen LogP contribution is 2.47. The molecule has 188 valence electrons. The number of nitrogens with one attached hydrogen (secondary N) is 2. The number of benzene rings is 2. The van der Waals surface area contributed by atoms with Crippen LogP contribution in [-0.4, -0.2) is 55.9 Å². The second kappa shape index (κ2) is 11.2. The van der Waals surface area contributed by atoms with E-state index in [2.05, 4.69) is 10.7 Å². The minimum Gasteiger partial charge on any atom is -0.493 e. The fraction of sp³-hybridized carbons (Fsp3) is 0.375. The topological polar surface area (TPSA) is 115 Å². The summed E-state index contributed by atoms with van der Waals surface area (Å²) in [5.41, 5.74) is 4.14. The van der Waals surface area contributed by atoms with Crippen molar-refractivity contribution in [1.29, 1.82) is 0 Å². The number of hydrazine groups is 1. The Bertz CT molecular complexity index is 1100. The zero-order valence-corrected chi connectivity index (χ0v) is 21.3. The summed E-state index contributed by atoms with van der Waals surface area (Å²) in [5, 5.41) is 3.03. The minimum atomic E-state index is -0.538. The lowest BCUT2D eigenvalue weighted by Gasteiger charge is -2.26. The number of hydrogen-bond donors (Lipinski definition) is 2. The van der Waals surface area contributed by atoms with Gasteiger partial charge in [-0.1, -0.05) is 0 Å². The van der Waals surface area contributed by atoms with Crippen molar-refractivity contribution in [1.82, 2.24) is 10.4 Å². The number of rotatable bonds is 9. The van der Waals surface area contributed by atoms with Crippen molar-refractivity contribution in [3.05, 3.63) is 41.5 Å². The molecule has 0 unspecified atom stereocenters. The van der Waals surface area contributed by atoms with Crippen LogP contribution >= 0.6 is 11.8 Å². The van der Waals surface area contributed by atoms with E-state index in [0.717, 1.165) is 0 Å². The predicted octanol–water partition coefficient (Wildman–Crippen LogP) is 3.38. The second-order valence-electron chi connectivity index (χ2n) is 7.56. The SMILES string of the molecule is CCOc1cc(NC(C)=O)ccc1C(=O)NN1C(=O)[C@H](C)S[C@H]1c1cc(OC)c(OC)c(OC)c1. The van der Waals surface area contributed by atoms with E-state index in [-0.39, 0.29) is 23.1 Å². The van der Waals surface area contributed by atoms with Crippen LogP contribution in [0.3, 0.4) is 0 Å². The molecule has 1 aliphatic rings. The quantitative estimate of drug-likeness (QED) is 0.535. The van der Waals surface area contributed by atoms with Crippen molar-refractivity contribution < 1.29 is 33.3 Å². The first-order valence-corrected chi connectivity index (χ1v) is 11.8. The van der Waals surface area contributed by atoms with Gasteiger partial charge in [0.2, 0.25) is 11.7 Å². The normalized spacial score (nSPS) is 17.1. The van der Waals surface area contributed by atoms with Crippen molar-refractivity contribution in [2.75, 3.05) is 33.3 Å². The Morgan fingerprint density at radius 2 is 1.69 bits per heavy atom. The number of carbonyl (C=O) groups is 3. The largest absolute Gasteiger partial charge is 0.493 e. The van der Waals surface area contributed by atoms with Crippen LogP contribution in [0.1, 0.15) is 42.1 Å². The maximum Gasteiger partial charge on any atom is 0.273 e. The van der Waals surface area contributed by atoms with Crippen LogP contribution in [0, 0.1) is 0 Å². The highest BCUT2D eigenvalue weighted by Gasteiger charge is 2.41. The first-order valence-electron chi connectivity index (χ1n) is 10.9. The van der Waals surface area contributed by atoms with Crippen molar-refractivity contribution in [3.63, 3.8) is 0 Å². The number of hydrogen-bond acceptors (Lipinski definition) is 8. The standard InChI is InChI=1S/C24H29N3O7S/c1-7-34-18-12-16(25-14(3)28)8-9-17(18)22(29)26-27-23(30)13(2)35-24(27)15-10-19(31-4)21(33-6)20(11-15)32-5/h8-13,24H,7H2,1-6H3,(H,25,28)(H,26,29)/t13-,24-/m0/s1. The first kappa shape index (κ1) is 26.0. The van der Waals surface area contributed by atoms with Gasteiger partial charge in [0.15, 0.2) is 11.5 Å². The third-order valence-corrected chi connectivity index (χ3v) is 6.54. The van der Waals surface area contributed by atoms with Crippen LogP contribution in [0.5, 0.6) is 23.0 Å². The lowest BCUT2D eigenvalue weighted by molar-refractivity contribution is -0.132. The van der Waals surface area contributed by atoms with Gasteiger partial charge in [0, 0.05) is 18.7 Å². The molecule has 0 bridgehead atoms. The maximum atomic E-state index is 13.3. The van der Waals surface area contributed by atoms with Gasteiger partial charge in [0.05, 0.1) is 38.7 Å². The highest BCUT2D eigenvalue weighted by atomic mass is 32.2. The van der Waals surface area contributed by atoms with Gasteiger partial charge in [0.25, 0.3) is 11.8 Å². The Balaban J connectivity index is 1.95. The molecular weight excluding hydrogens is 474 g/mol. The lowest BCUT2D eigenvalue weighted by Crippen LogP contribution is -2.45. The molecule has 0 aliphatic carbocycles. The molecule has 1 heterocycles. The fourth-order valence-electron chi connectivity index (χ4n) is 3.64. The van der Waals surface area contributed by atoms with Gasteiger partial charge >= 0.3 is 0 Å². The van der Waals surface area contributed by atoms with Crippen molar-refractivity contribution in [2.45, 2.75) is 31.4 Å². The van der Waals surface area contributed by atoms with Gasteiger partial charge in [-0.2, -0.15) is 0 Å². The summed E-state index contributed by atoms with van der Waals surface area (Å²) in [6.07, 6.45) is 0. The van der Waals surface area contributed by atoms with Crippen LogP contribution in [0.4, 0.5) is 5.69 Å². The zero-order chi connectivity index (χ0) is 25.7.